The first-order chi connectivity index (χ1) is 7.65. The molecule has 0 aliphatic heterocycles. The smallest absolute Gasteiger partial charge is 0.307 e. The molecule has 0 radical (unpaired) electrons. The molecule has 6 nitrogen and oxygen atoms in total. The summed E-state index contributed by atoms with van der Waals surface area (Å²) in [5.74, 6) is -0.571. The first kappa shape index (κ1) is 12.6. The van der Waals surface area contributed by atoms with Gasteiger partial charge in [0.25, 0.3) is 5.91 Å². The van der Waals surface area contributed by atoms with Crippen molar-refractivity contribution in [2.75, 3.05) is 13.2 Å². The summed E-state index contributed by atoms with van der Waals surface area (Å²) in [6, 6.07) is 0. The van der Waals surface area contributed by atoms with E-state index < -0.39 is 0 Å². The lowest BCUT2D eigenvalue weighted by atomic mass is 10.3. The number of ether oxygens (including phenoxy) is 1. The lowest BCUT2D eigenvalue weighted by molar-refractivity contribution is -0.142. The van der Waals surface area contributed by atoms with Gasteiger partial charge < -0.3 is 10.1 Å². The van der Waals surface area contributed by atoms with Gasteiger partial charge in [0.1, 0.15) is 4.88 Å². The predicted octanol–water partition coefficient (Wildman–Crippen LogP) is 0.530. The van der Waals surface area contributed by atoms with Crippen LogP contribution in [0.2, 0.25) is 0 Å². The molecule has 0 unspecified atom stereocenters. The number of nitrogens with zero attached hydrogens (tertiary/aromatic N) is 2. The van der Waals surface area contributed by atoms with Crippen LogP contribution < -0.4 is 5.32 Å². The van der Waals surface area contributed by atoms with E-state index in [1.54, 1.807) is 13.8 Å². The van der Waals surface area contributed by atoms with Gasteiger partial charge in [-0.3, -0.25) is 9.59 Å². The molecule has 0 aliphatic rings. The maximum Gasteiger partial charge on any atom is 0.307 e. The molecule has 0 atom stereocenters. The number of aromatic nitrogens is 2. The average molecular weight is 243 g/mol. The lowest BCUT2D eigenvalue weighted by Gasteiger charge is -2.03. The number of nitrogens with one attached hydrogen (secondary N) is 1. The fourth-order valence-electron chi connectivity index (χ4n) is 1.03. The summed E-state index contributed by atoms with van der Waals surface area (Å²) in [5.41, 5.74) is 0.596. The molecule has 0 spiro atoms. The molecule has 1 heterocycles. The topological polar surface area (TPSA) is 81.2 Å². The Morgan fingerprint density at radius 2 is 2.25 bits per heavy atom. The highest BCUT2D eigenvalue weighted by Crippen LogP contribution is 2.08. The van der Waals surface area contributed by atoms with Gasteiger partial charge in [-0.15, -0.1) is 5.10 Å². The van der Waals surface area contributed by atoms with Gasteiger partial charge in [-0.1, -0.05) is 4.49 Å². The normalized spacial score (nSPS) is 9.88. The van der Waals surface area contributed by atoms with Crippen molar-refractivity contribution in [2.24, 2.45) is 0 Å². The molecule has 7 heteroatoms. The highest BCUT2D eigenvalue weighted by molar-refractivity contribution is 7.07. The monoisotopic (exact) mass is 243 g/mol. The number of hydrogen-bond donors (Lipinski definition) is 1. The highest BCUT2D eigenvalue weighted by Gasteiger charge is 2.12. The summed E-state index contributed by atoms with van der Waals surface area (Å²) in [6.07, 6.45) is 0.171. The Labute approximate surface area is 97.2 Å². The minimum atomic E-state index is -0.318. The van der Waals surface area contributed by atoms with E-state index >= 15 is 0 Å². The van der Waals surface area contributed by atoms with Crippen LogP contribution in [0.15, 0.2) is 0 Å². The van der Waals surface area contributed by atoms with E-state index in [0.717, 1.165) is 11.5 Å². The van der Waals surface area contributed by atoms with Gasteiger partial charge in [-0.25, -0.2) is 0 Å². The molecular formula is C9H13N3O3S. The molecular weight excluding hydrogens is 230 g/mol. The van der Waals surface area contributed by atoms with E-state index in [9.17, 15) is 9.59 Å². The van der Waals surface area contributed by atoms with Gasteiger partial charge in [-0.05, 0) is 25.4 Å². The van der Waals surface area contributed by atoms with E-state index in [4.69, 9.17) is 4.74 Å². The van der Waals surface area contributed by atoms with Gasteiger partial charge >= 0.3 is 5.97 Å². The van der Waals surface area contributed by atoms with Crippen molar-refractivity contribution in [3.05, 3.63) is 10.6 Å². The lowest BCUT2D eigenvalue weighted by Crippen LogP contribution is -2.26. The molecule has 1 amide bonds. The van der Waals surface area contributed by atoms with Gasteiger partial charge in [-0.2, -0.15) is 0 Å². The Bertz CT molecular complexity index is 378. The van der Waals surface area contributed by atoms with Gasteiger partial charge in [0, 0.05) is 6.54 Å². The first-order valence-electron chi connectivity index (χ1n) is 4.88. The third-order valence-electron chi connectivity index (χ3n) is 1.78. The Morgan fingerprint density at radius 1 is 1.50 bits per heavy atom. The zero-order chi connectivity index (χ0) is 12.0. The quantitative estimate of drug-likeness (QED) is 0.763. The average Bonchev–Trinajstić information content (AvgIpc) is 2.64. The fraction of sp³-hybridized carbons (Fsp3) is 0.556. The van der Waals surface area contributed by atoms with Crippen LogP contribution in [0.1, 0.15) is 28.7 Å². The number of amides is 1. The zero-order valence-electron chi connectivity index (χ0n) is 9.15. The minimum Gasteiger partial charge on any atom is -0.466 e. The van der Waals surface area contributed by atoms with Crippen molar-refractivity contribution in [2.45, 2.75) is 20.3 Å². The molecule has 1 N–H and O–H groups in total. The zero-order valence-corrected chi connectivity index (χ0v) is 9.97. The third kappa shape index (κ3) is 3.58. The number of esters is 1. The third-order valence-corrected chi connectivity index (χ3v) is 2.60. The molecule has 1 rings (SSSR count). The summed E-state index contributed by atoms with van der Waals surface area (Å²) in [4.78, 5) is 23.0. The number of aryl methyl sites for hydroxylation is 1. The van der Waals surface area contributed by atoms with E-state index in [-0.39, 0.29) is 24.8 Å². The van der Waals surface area contributed by atoms with Crippen molar-refractivity contribution in [1.29, 1.82) is 0 Å². The summed E-state index contributed by atoms with van der Waals surface area (Å²) in [5, 5.41) is 6.33. The molecule has 0 saturated heterocycles. The molecule has 0 saturated carbocycles. The van der Waals surface area contributed by atoms with Crippen LogP contribution in [0, 0.1) is 6.92 Å². The van der Waals surface area contributed by atoms with Crippen molar-refractivity contribution in [1.82, 2.24) is 14.9 Å². The molecule has 16 heavy (non-hydrogen) atoms. The van der Waals surface area contributed by atoms with Crippen LogP contribution in [-0.2, 0) is 9.53 Å². The molecule has 0 bridgehead atoms. The number of rotatable bonds is 5. The van der Waals surface area contributed by atoms with Crippen LogP contribution in [0.3, 0.4) is 0 Å². The molecule has 1 aromatic rings. The maximum absolute atomic E-state index is 11.5. The number of carbonyl (C=O) groups excluding carboxylic acids is 2. The Morgan fingerprint density at radius 3 is 2.81 bits per heavy atom. The standard InChI is InChI=1S/C9H13N3O3S/c1-3-15-7(13)4-5-10-9(14)8-6(2)11-12-16-8/h3-5H2,1-2H3,(H,10,14). The van der Waals surface area contributed by atoms with E-state index in [2.05, 4.69) is 14.9 Å². The van der Waals surface area contributed by atoms with Crippen molar-refractivity contribution < 1.29 is 14.3 Å². The molecule has 88 valence electrons. The van der Waals surface area contributed by atoms with Crippen LogP contribution >= 0.6 is 11.5 Å². The number of hydrogen-bond acceptors (Lipinski definition) is 6. The van der Waals surface area contributed by atoms with E-state index in [1.807, 2.05) is 0 Å². The van der Waals surface area contributed by atoms with Crippen molar-refractivity contribution in [3.63, 3.8) is 0 Å². The van der Waals surface area contributed by atoms with E-state index in [1.165, 1.54) is 0 Å². The minimum absolute atomic E-state index is 0.171. The predicted molar refractivity (Wildman–Crippen MR) is 58.2 cm³/mol. The van der Waals surface area contributed by atoms with Gasteiger partial charge in [0.15, 0.2) is 0 Å². The summed E-state index contributed by atoms with van der Waals surface area (Å²) >= 11 is 1.04. The Hall–Kier alpha value is -1.50. The van der Waals surface area contributed by atoms with Crippen LogP contribution in [-0.4, -0.2) is 34.6 Å². The second-order valence-electron chi connectivity index (χ2n) is 3.00. The molecule has 0 aromatic carbocycles. The summed E-state index contributed by atoms with van der Waals surface area (Å²) in [7, 11) is 0. The highest BCUT2D eigenvalue weighted by atomic mass is 32.1. The fourth-order valence-corrected chi connectivity index (χ4v) is 1.60. The van der Waals surface area contributed by atoms with Crippen LogP contribution in [0.25, 0.3) is 0 Å². The maximum atomic E-state index is 11.5. The Kier molecular flexibility index (Phi) is 4.84. The summed E-state index contributed by atoms with van der Waals surface area (Å²) in [6.45, 7) is 4.06. The molecule has 0 aliphatic carbocycles. The largest absolute Gasteiger partial charge is 0.466 e. The summed E-state index contributed by atoms with van der Waals surface area (Å²) < 4.78 is 8.38. The van der Waals surface area contributed by atoms with E-state index in [0.29, 0.717) is 17.2 Å². The second-order valence-corrected chi connectivity index (χ2v) is 3.75. The second kappa shape index (κ2) is 6.16. The van der Waals surface area contributed by atoms with Crippen LogP contribution in [0.5, 0.6) is 0 Å². The van der Waals surface area contributed by atoms with Crippen molar-refractivity contribution in [3.8, 4) is 0 Å². The SMILES string of the molecule is CCOC(=O)CCNC(=O)c1snnc1C. The van der Waals surface area contributed by atoms with Crippen molar-refractivity contribution >= 4 is 23.4 Å². The van der Waals surface area contributed by atoms with Gasteiger partial charge in [0.2, 0.25) is 0 Å². The molecule has 0 fully saturated rings. The number of carbonyl (C=O) groups is 2. The Balaban J connectivity index is 2.31. The molecule has 1 aromatic heterocycles. The first-order valence-corrected chi connectivity index (χ1v) is 5.65. The van der Waals surface area contributed by atoms with Crippen LogP contribution in [0.4, 0.5) is 0 Å². The van der Waals surface area contributed by atoms with Gasteiger partial charge in [0.05, 0.1) is 18.7 Å².